The smallest absolute Gasteiger partial charge is 0.126 e. The molecule has 1 aromatic heterocycles. The zero-order valence-corrected chi connectivity index (χ0v) is 10.1. The van der Waals surface area contributed by atoms with Crippen LogP contribution in [0, 0.1) is 0 Å². The first-order valence-electron chi connectivity index (χ1n) is 6.21. The molecule has 1 unspecified atom stereocenters. The van der Waals surface area contributed by atoms with Crippen molar-refractivity contribution < 1.29 is 9.47 Å². The number of rotatable bonds is 3. The summed E-state index contributed by atoms with van der Waals surface area (Å²) in [4.78, 5) is 4.55. The monoisotopic (exact) mass is 244 g/mol. The second-order valence-corrected chi connectivity index (χ2v) is 4.34. The first-order valence-corrected chi connectivity index (χ1v) is 6.21. The first-order chi connectivity index (χ1) is 8.92. The van der Waals surface area contributed by atoms with E-state index >= 15 is 0 Å². The number of benzene rings is 1. The molecule has 1 saturated heterocycles. The van der Waals surface area contributed by atoms with Gasteiger partial charge in [0.1, 0.15) is 5.82 Å². The Bertz CT molecular complexity index is 524. The predicted octanol–water partition coefficient (Wildman–Crippen LogP) is 2.06. The number of pyridine rings is 1. The van der Waals surface area contributed by atoms with Crippen molar-refractivity contribution in [3.8, 4) is 0 Å². The van der Waals surface area contributed by atoms with Crippen molar-refractivity contribution in [2.24, 2.45) is 0 Å². The number of aromatic nitrogens is 1. The van der Waals surface area contributed by atoms with E-state index < -0.39 is 0 Å². The molecular weight excluding hydrogens is 228 g/mol. The maximum Gasteiger partial charge on any atom is 0.126 e. The van der Waals surface area contributed by atoms with E-state index in [9.17, 15) is 0 Å². The summed E-state index contributed by atoms with van der Waals surface area (Å²) in [6, 6.07) is 12.2. The second-order valence-electron chi connectivity index (χ2n) is 4.34. The minimum Gasteiger partial charge on any atom is -0.376 e. The van der Waals surface area contributed by atoms with Gasteiger partial charge >= 0.3 is 0 Å². The molecular formula is C14H16N2O2. The summed E-state index contributed by atoms with van der Waals surface area (Å²) < 4.78 is 10.9. The number of hydrogen-bond acceptors (Lipinski definition) is 4. The van der Waals surface area contributed by atoms with Gasteiger partial charge in [0.05, 0.1) is 31.4 Å². The predicted molar refractivity (Wildman–Crippen MR) is 70.8 cm³/mol. The standard InChI is InChI=1S/C14H16N2O2/c1-2-4-13-11(3-1)5-6-14(16-13)15-9-12-10-17-7-8-18-12/h1-6,12H,7-10H2,(H,15,16). The molecule has 0 spiro atoms. The van der Waals surface area contributed by atoms with Crippen molar-refractivity contribution in [3.05, 3.63) is 36.4 Å². The van der Waals surface area contributed by atoms with E-state index in [0.29, 0.717) is 19.8 Å². The SMILES string of the molecule is c1ccc2nc(NCC3COCCO3)ccc2c1. The Morgan fingerprint density at radius 2 is 2.11 bits per heavy atom. The Labute approximate surface area is 106 Å². The molecule has 2 heterocycles. The minimum atomic E-state index is 0.118. The lowest BCUT2D eigenvalue weighted by atomic mass is 10.2. The average molecular weight is 244 g/mol. The number of anilines is 1. The highest BCUT2D eigenvalue weighted by molar-refractivity contribution is 5.79. The fraction of sp³-hybridized carbons (Fsp3) is 0.357. The Morgan fingerprint density at radius 3 is 3.00 bits per heavy atom. The fourth-order valence-electron chi connectivity index (χ4n) is 2.04. The summed E-state index contributed by atoms with van der Waals surface area (Å²) >= 11 is 0. The maximum absolute atomic E-state index is 5.57. The molecule has 0 amide bonds. The van der Waals surface area contributed by atoms with Crippen LogP contribution in [-0.4, -0.2) is 37.5 Å². The van der Waals surface area contributed by atoms with Gasteiger partial charge in [0.15, 0.2) is 0 Å². The molecule has 3 rings (SSSR count). The highest BCUT2D eigenvalue weighted by atomic mass is 16.6. The van der Waals surface area contributed by atoms with Gasteiger partial charge in [0.2, 0.25) is 0 Å². The van der Waals surface area contributed by atoms with Crippen LogP contribution >= 0.6 is 0 Å². The molecule has 1 N–H and O–H groups in total. The van der Waals surface area contributed by atoms with Crippen molar-refractivity contribution in [2.45, 2.75) is 6.10 Å². The molecule has 1 aliphatic heterocycles. The maximum atomic E-state index is 5.57. The number of nitrogens with zero attached hydrogens (tertiary/aromatic N) is 1. The van der Waals surface area contributed by atoms with Gasteiger partial charge in [0, 0.05) is 11.9 Å². The third-order valence-electron chi connectivity index (χ3n) is 2.99. The van der Waals surface area contributed by atoms with E-state index in [1.807, 2.05) is 24.3 Å². The van der Waals surface area contributed by atoms with Gasteiger partial charge < -0.3 is 14.8 Å². The molecule has 0 bridgehead atoms. The number of fused-ring (bicyclic) bond motifs is 1. The van der Waals surface area contributed by atoms with Crippen LogP contribution in [0.3, 0.4) is 0 Å². The van der Waals surface area contributed by atoms with Gasteiger partial charge in [-0.3, -0.25) is 0 Å². The summed E-state index contributed by atoms with van der Waals surface area (Å²) in [7, 11) is 0. The zero-order valence-electron chi connectivity index (χ0n) is 10.1. The Kier molecular flexibility index (Phi) is 3.39. The average Bonchev–Trinajstić information content (AvgIpc) is 2.46. The Morgan fingerprint density at radius 1 is 1.17 bits per heavy atom. The van der Waals surface area contributed by atoms with E-state index in [-0.39, 0.29) is 6.10 Å². The van der Waals surface area contributed by atoms with Crippen LogP contribution in [0.4, 0.5) is 5.82 Å². The van der Waals surface area contributed by atoms with Crippen LogP contribution < -0.4 is 5.32 Å². The molecule has 4 nitrogen and oxygen atoms in total. The van der Waals surface area contributed by atoms with Crippen molar-refractivity contribution in [3.63, 3.8) is 0 Å². The van der Waals surface area contributed by atoms with Crippen molar-refractivity contribution >= 4 is 16.7 Å². The van der Waals surface area contributed by atoms with E-state index in [2.05, 4.69) is 22.4 Å². The van der Waals surface area contributed by atoms with Crippen LogP contribution in [0.25, 0.3) is 10.9 Å². The summed E-state index contributed by atoms with van der Waals surface area (Å²) in [5.74, 6) is 0.878. The lowest BCUT2D eigenvalue weighted by Crippen LogP contribution is -2.34. The Hall–Kier alpha value is -1.65. The third kappa shape index (κ3) is 2.60. The molecule has 1 aliphatic rings. The van der Waals surface area contributed by atoms with Crippen LogP contribution in [0.5, 0.6) is 0 Å². The second kappa shape index (κ2) is 5.33. The van der Waals surface area contributed by atoms with Gasteiger partial charge in [-0.05, 0) is 18.2 Å². The van der Waals surface area contributed by atoms with E-state index in [0.717, 1.165) is 23.3 Å². The molecule has 0 aliphatic carbocycles. The van der Waals surface area contributed by atoms with Crippen molar-refractivity contribution in [2.75, 3.05) is 31.7 Å². The van der Waals surface area contributed by atoms with Crippen LogP contribution in [0.1, 0.15) is 0 Å². The van der Waals surface area contributed by atoms with E-state index in [1.165, 1.54) is 0 Å². The summed E-state index contributed by atoms with van der Waals surface area (Å²) in [5, 5.41) is 4.44. The normalized spacial score (nSPS) is 19.9. The molecule has 1 fully saturated rings. The molecule has 2 aromatic rings. The largest absolute Gasteiger partial charge is 0.376 e. The summed E-state index contributed by atoms with van der Waals surface area (Å²) in [5.41, 5.74) is 1.00. The molecule has 4 heteroatoms. The zero-order chi connectivity index (χ0) is 12.2. The van der Waals surface area contributed by atoms with Gasteiger partial charge in [-0.15, -0.1) is 0 Å². The van der Waals surface area contributed by atoms with Crippen LogP contribution in [-0.2, 0) is 9.47 Å². The van der Waals surface area contributed by atoms with Gasteiger partial charge in [-0.2, -0.15) is 0 Å². The minimum absolute atomic E-state index is 0.118. The highest BCUT2D eigenvalue weighted by Crippen LogP contribution is 2.14. The van der Waals surface area contributed by atoms with Crippen molar-refractivity contribution in [1.29, 1.82) is 0 Å². The molecule has 18 heavy (non-hydrogen) atoms. The van der Waals surface area contributed by atoms with Crippen LogP contribution in [0.15, 0.2) is 36.4 Å². The Balaban J connectivity index is 1.66. The van der Waals surface area contributed by atoms with E-state index in [1.54, 1.807) is 0 Å². The summed E-state index contributed by atoms with van der Waals surface area (Å²) in [6.45, 7) is 2.76. The first kappa shape index (κ1) is 11.4. The number of hydrogen-bond donors (Lipinski definition) is 1. The fourth-order valence-corrected chi connectivity index (χ4v) is 2.04. The van der Waals surface area contributed by atoms with Crippen LogP contribution in [0.2, 0.25) is 0 Å². The van der Waals surface area contributed by atoms with Gasteiger partial charge in [0.25, 0.3) is 0 Å². The summed E-state index contributed by atoms with van der Waals surface area (Å²) in [6.07, 6.45) is 0.118. The number of para-hydroxylation sites is 1. The topological polar surface area (TPSA) is 43.4 Å². The molecule has 0 radical (unpaired) electrons. The number of ether oxygens (including phenoxy) is 2. The third-order valence-corrected chi connectivity index (χ3v) is 2.99. The number of nitrogens with one attached hydrogen (secondary N) is 1. The van der Waals surface area contributed by atoms with Gasteiger partial charge in [-0.25, -0.2) is 4.98 Å². The van der Waals surface area contributed by atoms with E-state index in [4.69, 9.17) is 9.47 Å². The molecule has 0 saturated carbocycles. The lowest BCUT2D eigenvalue weighted by Gasteiger charge is -2.23. The van der Waals surface area contributed by atoms with Crippen molar-refractivity contribution in [1.82, 2.24) is 4.98 Å². The van der Waals surface area contributed by atoms with Gasteiger partial charge in [-0.1, -0.05) is 18.2 Å². The lowest BCUT2D eigenvalue weighted by molar-refractivity contribution is -0.0819. The highest BCUT2D eigenvalue weighted by Gasteiger charge is 2.13. The molecule has 1 aromatic carbocycles. The molecule has 1 atom stereocenters. The molecule has 94 valence electrons. The quantitative estimate of drug-likeness (QED) is 0.897.